The van der Waals surface area contributed by atoms with E-state index in [9.17, 15) is 0 Å². The molecule has 0 saturated carbocycles. The monoisotopic (exact) mass is 196 g/mol. The zero-order chi connectivity index (χ0) is 10.4. The van der Waals surface area contributed by atoms with Gasteiger partial charge in [0, 0.05) is 31.1 Å². The highest BCUT2D eigenvalue weighted by Crippen LogP contribution is 2.11. The lowest BCUT2D eigenvalue weighted by molar-refractivity contribution is 0.244. The molecule has 0 saturated heterocycles. The quantitative estimate of drug-likeness (QED) is 0.405. The Kier molecular flexibility index (Phi) is 4.15. The molecule has 0 aliphatic heterocycles. The van der Waals surface area contributed by atoms with Crippen molar-refractivity contribution in [1.29, 1.82) is 0 Å². The lowest BCUT2D eigenvalue weighted by atomic mass is 10.2. The average molecular weight is 196 g/mol. The van der Waals surface area contributed by atoms with E-state index in [1.54, 1.807) is 6.20 Å². The van der Waals surface area contributed by atoms with E-state index in [1.165, 1.54) is 0 Å². The fraction of sp³-hybridized carbons (Fsp3) is 0.444. The van der Waals surface area contributed by atoms with Crippen LogP contribution in [0.25, 0.3) is 0 Å². The van der Waals surface area contributed by atoms with E-state index in [-0.39, 0.29) is 12.5 Å². The fourth-order valence-electron chi connectivity index (χ4n) is 0.976. The maximum absolute atomic E-state index is 8.83. The Balaban J connectivity index is 2.50. The number of anilines is 2. The van der Waals surface area contributed by atoms with Gasteiger partial charge < -0.3 is 15.8 Å². The number of pyridine rings is 1. The van der Waals surface area contributed by atoms with Crippen LogP contribution in [0, 0.1) is 5.92 Å². The van der Waals surface area contributed by atoms with Crippen LogP contribution in [-0.4, -0.2) is 23.2 Å². The number of aliphatic hydroxyl groups excluding tert-OH is 1. The van der Waals surface area contributed by atoms with Gasteiger partial charge in [0.05, 0.1) is 0 Å². The lowest BCUT2D eigenvalue weighted by Gasteiger charge is -2.11. The molecule has 0 radical (unpaired) electrons. The zero-order valence-corrected chi connectivity index (χ0v) is 8.20. The lowest BCUT2D eigenvalue weighted by Crippen LogP contribution is -2.15. The molecule has 78 valence electrons. The second-order valence-electron chi connectivity index (χ2n) is 3.24. The Morgan fingerprint density at radius 2 is 2.43 bits per heavy atom. The Bertz CT molecular complexity index is 279. The molecule has 1 atom stereocenters. The van der Waals surface area contributed by atoms with Crippen molar-refractivity contribution in [3.8, 4) is 0 Å². The molecule has 0 aliphatic rings. The summed E-state index contributed by atoms with van der Waals surface area (Å²) in [6.07, 6.45) is 1.67. The Morgan fingerprint density at radius 3 is 3.07 bits per heavy atom. The van der Waals surface area contributed by atoms with Crippen LogP contribution < -0.4 is 16.6 Å². The molecule has 5 heteroatoms. The summed E-state index contributed by atoms with van der Waals surface area (Å²) in [7, 11) is 0. The van der Waals surface area contributed by atoms with Crippen molar-refractivity contribution in [3.05, 3.63) is 18.3 Å². The third-order valence-electron chi connectivity index (χ3n) is 1.87. The number of nitrogen functional groups attached to an aromatic ring is 1. The highest BCUT2D eigenvalue weighted by atomic mass is 16.3. The van der Waals surface area contributed by atoms with Gasteiger partial charge in [0.1, 0.15) is 5.82 Å². The third-order valence-corrected chi connectivity index (χ3v) is 1.87. The first kappa shape index (κ1) is 10.7. The van der Waals surface area contributed by atoms with Crippen LogP contribution in [0.2, 0.25) is 0 Å². The summed E-state index contributed by atoms with van der Waals surface area (Å²) >= 11 is 0. The summed E-state index contributed by atoms with van der Waals surface area (Å²) in [6.45, 7) is 2.88. The summed E-state index contributed by atoms with van der Waals surface area (Å²) in [5.74, 6) is 6.07. The molecule has 1 unspecified atom stereocenters. The maximum atomic E-state index is 8.83. The van der Waals surface area contributed by atoms with E-state index >= 15 is 0 Å². The predicted molar refractivity (Wildman–Crippen MR) is 56.8 cm³/mol. The molecule has 0 aromatic carbocycles. The van der Waals surface area contributed by atoms with E-state index in [1.807, 2.05) is 19.1 Å². The van der Waals surface area contributed by atoms with Crippen LogP contribution in [-0.2, 0) is 0 Å². The van der Waals surface area contributed by atoms with Crippen molar-refractivity contribution in [2.75, 3.05) is 23.9 Å². The van der Waals surface area contributed by atoms with Crippen molar-refractivity contribution in [1.82, 2.24) is 4.98 Å². The second-order valence-corrected chi connectivity index (χ2v) is 3.24. The SMILES string of the molecule is CC(CO)CNc1ccnc(NN)c1. The Morgan fingerprint density at radius 1 is 1.64 bits per heavy atom. The van der Waals surface area contributed by atoms with Gasteiger partial charge in [0.15, 0.2) is 0 Å². The van der Waals surface area contributed by atoms with Gasteiger partial charge in [-0.1, -0.05) is 6.92 Å². The van der Waals surface area contributed by atoms with Gasteiger partial charge in [-0.25, -0.2) is 10.8 Å². The van der Waals surface area contributed by atoms with Crippen LogP contribution in [0.1, 0.15) is 6.92 Å². The first-order chi connectivity index (χ1) is 6.76. The smallest absolute Gasteiger partial charge is 0.141 e. The minimum absolute atomic E-state index is 0.181. The van der Waals surface area contributed by atoms with Crippen molar-refractivity contribution >= 4 is 11.5 Å². The van der Waals surface area contributed by atoms with Crippen LogP contribution >= 0.6 is 0 Å². The highest BCUT2D eigenvalue weighted by molar-refractivity contribution is 5.51. The standard InChI is InChI=1S/C9H16N4O/c1-7(6-14)5-12-8-2-3-11-9(4-8)13-10/h2-4,7,14H,5-6,10H2,1H3,(H2,11,12,13). The van der Waals surface area contributed by atoms with E-state index in [2.05, 4.69) is 15.7 Å². The van der Waals surface area contributed by atoms with Gasteiger partial charge in [0.25, 0.3) is 0 Å². The number of aromatic nitrogens is 1. The number of aliphatic hydroxyl groups is 1. The van der Waals surface area contributed by atoms with Gasteiger partial charge in [-0.05, 0) is 12.0 Å². The first-order valence-corrected chi connectivity index (χ1v) is 4.53. The molecule has 1 aromatic rings. The van der Waals surface area contributed by atoms with Crippen LogP contribution in [0.3, 0.4) is 0 Å². The zero-order valence-electron chi connectivity index (χ0n) is 8.20. The van der Waals surface area contributed by atoms with E-state index in [0.717, 1.165) is 12.2 Å². The second kappa shape index (κ2) is 5.41. The third kappa shape index (κ3) is 3.20. The molecular weight excluding hydrogens is 180 g/mol. The summed E-state index contributed by atoms with van der Waals surface area (Å²) in [6, 6.07) is 3.66. The predicted octanol–water partition coefficient (Wildman–Crippen LogP) is 0.407. The van der Waals surface area contributed by atoms with Crippen molar-refractivity contribution in [3.63, 3.8) is 0 Å². The van der Waals surface area contributed by atoms with Crippen molar-refractivity contribution < 1.29 is 5.11 Å². The molecular formula is C9H16N4O. The van der Waals surface area contributed by atoms with E-state index < -0.39 is 0 Å². The van der Waals surface area contributed by atoms with Gasteiger partial charge in [-0.15, -0.1) is 0 Å². The normalized spacial score (nSPS) is 12.2. The van der Waals surface area contributed by atoms with Gasteiger partial charge >= 0.3 is 0 Å². The summed E-state index contributed by atoms with van der Waals surface area (Å²) < 4.78 is 0. The molecule has 0 aliphatic carbocycles. The van der Waals surface area contributed by atoms with Gasteiger partial charge in [0.2, 0.25) is 0 Å². The number of rotatable bonds is 5. The summed E-state index contributed by atoms with van der Waals surface area (Å²) in [5.41, 5.74) is 3.41. The summed E-state index contributed by atoms with van der Waals surface area (Å²) in [5, 5.41) is 12.0. The molecule has 0 spiro atoms. The number of nitrogens with zero attached hydrogens (tertiary/aromatic N) is 1. The van der Waals surface area contributed by atoms with Gasteiger partial charge in [-0.3, -0.25) is 0 Å². The van der Waals surface area contributed by atoms with E-state index in [4.69, 9.17) is 10.9 Å². The molecule has 5 N–H and O–H groups in total. The minimum atomic E-state index is 0.181. The molecule has 1 aromatic heterocycles. The molecule has 1 rings (SSSR count). The van der Waals surface area contributed by atoms with Crippen molar-refractivity contribution in [2.45, 2.75) is 6.92 Å². The first-order valence-electron chi connectivity index (χ1n) is 4.53. The molecule has 5 nitrogen and oxygen atoms in total. The molecule has 14 heavy (non-hydrogen) atoms. The van der Waals surface area contributed by atoms with Crippen LogP contribution in [0.5, 0.6) is 0 Å². The number of hydrogen-bond donors (Lipinski definition) is 4. The molecule has 1 heterocycles. The highest BCUT2D eigenvalue weighted by Gasteiger charge is 2.00. The molecule has 0 amide bonds. The number of hydrogen-bond acceptors (Lipinski definition) is 5. The number of nitrogens with two attached hydrogens (primary N) is 1. The fourth-order valence-corrected chi connectivity index (χ4v) is 0.976. The Hall–Kier alpha value is -1.33. The molecule has 0 bridgehead atoms. The van der Waals surface area contributed by atoms with E-state index in [0.29, 0.717) is 5.82 Å². The maximum Gasteiger partial charge on any atom is 0.141 e. The number of nitrogens with one attached hydrogen (secondary N) is 2. The molecule has 0 fully saturated rings. The van der Waals surface area contributed by atoms with Crippen LogP contribution in [0.4, 0.5) is 11.5 Å². The van der Waals surface area contributed by atoms with Crippen LogP contribution in [0.15, 0.2) is 18.3 Å². The Labute approximate surface area is 83.3 Å². The summed E-state index contributed by atoms with van der Waals surface area (Å²) in [4.78, 5) is 3.98. The topological polar surface area (TPSA) is 83.2 Å². The average Bonchev–Trinajstić information content (AvgIpc) is 2.26. The minimum Gasteiger partial charge on any atom is -0.396 e. The van der Waals surface area contributed by atoms with Gasteiger partial charge in [-0.2, -0.15) is 0 Å². The largest absolute Gasteiger partial charge is 0.396 e. The number of hydrazine groups is 1. The van der Waals surface area contributed by atoms with Crippen molar-refractivity contribution in [2.24, 2.45) is 11.8 Å².